The topological polar surface area (TPSA) is 65.2 Å². The molecule has 0 amide bonds. The van der Waals surface area contributed by atoms with Crippen LogP contribution < -0.4 is 5.32 Å². The Hall–Kier alpha value is -2.38. The lowest BCUT2D eigenvalue weighted by Crippen LogP contribution is -1.93. The van der Waals surface area contributed by atoms with Crippen LogP contribution in [-0.2, 0) is 0 Å². The quantitative estimate of drug-likeness (QED) is 0.831. The lowest BCUT2D eigenvalue weighted by molar-refractivity contribution is 1.43. The summed E-state index contributed by atoms with van der Waals surface area (Å²) in [5, 5.41) is 15.4. The van der Waals surface area contributed by atoms with Gasteiger partial charge in [0.2, 0.25) is 0 Å². The van der Waals surface area contributed by atoms with E-state index in [-0.39, 0.29) is 5.69 Å². The fourth-order valence-electron chi connectivity index (χ4n) is 1.52. The molecule has 0 heterocycles. The van der Waals surface area contributed by atoms with E-state index < -0.39 is 0 Å². The van der Waals surface area contributed by atoms with Gasteiger partial charge < -0.3 is 5.32 Å². The Bertz CT molecular complexity index is 634. The van der Waals surface area contributed by atoms with Crippen molar-refractivity contribution in [2.75, 3.05) is 5.32 Å². The van der Waals surface area contributed by atoms with Gasteiger partial charge in [-0.2, -0.15) is 5.26 Å². The number of nitrogens with one attached hydrogen (secondary N) is 1. The SMILES string of the molecule is N#Cc1ccccc1Nc1cc(Cl)ccc1N=O. The van der Waals surface area contributed by atoms with Gasteiger partial charge in [0.1, 0.15) is 11.8 Å². The molecule has 0 aliphatic rings. The largest absolute Gasteiger partial charge is 0.353 e. The molecule has 0 aromatic heterocycles. The number of hydrogen-bond donors (Lipinski definition) is 1. The average molecular weight is 258 g/mol. The van der Waals surface area contributed by atoms with Crippen molar-refractivity contribution < 1.29 is 0 Å². The zero-order valence-corrected chi connectivity index (χ0v) is 9.98. The van der Waals surface area contributed by atoms with Crippen LogP contribution in [-0.4, -0.2) is 0 Å². The van der Waals surface area contributed by atoms with Crippen LogP contribution in [0.15, 0.2) is 47.6 Å². The van der Waals surface area contributed by atoms with Gasteiger partial charge in [0.15, 0.2) is 0 Å². The Kier molecular flexibility index (Phi) is 3.56. The highest BCUT2D eigenvalue weighted by Crippen LogP contribution is 2.31. The van der Waals surface area contributed by atoms with Gasteiger partial charge in [-0.25, -0.2) is 0 Å². The molecule has 0 saturated heterocycles. The number of hydrogen-bond acceptors (Lipinski definition) is 4. The van der Waals surface area contributed by atoms with Crippen LogP contribution in [0.25, 0.3) is 0 Å². The first-order valence-corrected chi connectivity index (χ1v) is 5.51. The van der Waals surface area contributed by atoms with Crippen LogP contribution in [0, 0.1) is 16.2 Å². The van der Waals surface area contributed by atoms with E-state index in [1.54, 1.807) is 36.4 Å². The smallest absolute Gasteiger partial charge is 0.131 e. The summed E-state index contributed by atoms with van der Waals surface area (Å²) >= 11 is 5.86. The third-order valence-electron chi connectivity index (χ3n) is 2.37. The zero-order chi connectivity index (χ0) is 13.0. The second-order valence-corrected chi connectivity index (χ2v) is 3.97. The molecular formula is C13H8ClN3O. The van der Waals surface area contributed by atoms with E-state index >= 15 is 0 Å². The average Bonchev–Trinajstić information content (AvgIpc) is 2.40. The minimum Gasteiger partial charge on any atom is -0.353 e. The van der Waals surface area contributed by atoms with Crippen LogP contribution >= 0.6 is 11.6 Å². The van der Waals surface area contributed by atoms with E-state index in [1.807, 2.05) is 0 Å². The Morgan fingerprint density at radius 2 is 1.94 bits per heavy atom. The van der Waals surface area contributed by atoms with Crippen molar-refractivity contribution in [1.82, 2.24) is 0 Å². The van der Waals surface area contributed by atoms with Crippen LogP contribution in [0.4, 0.5) is 17.1 Å². The van der Waals surface area contributed by atoms with E-state index in [0.717, 1.165) is 0 Å². The summed E-state index contributed by atoms with van der Waals surface area (Å²) in [5.41, 5.74) is 1.80. The lowest BCUT2D eigenvalue weighted by atomic mass is 10.2. The van der Waals surface area contributed by atoms with Gasteiger partial charge in [0.05, 0.1) is 16.9 Å². The first-order valence-electron chi connectivity index (χ1n) is 5.13. The third-order valence-corrected chi connectivity index (χ3v) is 2.61. The fraction of sp³-hybridized carbons (Fsp3) is 0. The highest BCUT2D eigenvalue weighted by Gasteiger charge is 2.06. The summed E-state index contributed by atoms with van der Waals surface area (Å²) in [6.07, 6.45) is 0. The molecule has 0 fully saturated rings. The number of para-hydroxylation sites is 1. The molecule has 0 bridgehead atoms. The van der Waals surface area contributed by atoms with Gasteiger partial charge in [0.25, 0.3) is 0 Å². The lowest BCUT2D eigenvalue weighted by Gasteiger charge is -2.09. The maximum Gasteiger partial charge on any atom is 0.131 e. The first-order chi connectivity index (χ1) is 8.74. The normalized spacial score (nSPS) is 9.56. The minimum absolute atomic E-state index is 0.243. The van der Waals surface area contributed by atoms with Crippen LogP contribution in [0.3, 0.4) is 0 Å². The molecule has 88 valence electrons. The van der Waals surface area contributed by atoms with Gasteiger partial charge in [0, 0.05) is 5.02 Å². The van der Waals surface area contributed by atoms with Gasteiger partial charge in [-0.1, -0.05) is 23.7 Å². The molecular weight excluding hydrogens is 250 g/mol. The van der Waals surface area contributed by atoms with E-state index in [4.69, 9.17) is 16.9 Å². The van der Waals surface area contributed by atoms with Crippen molar-refractivity contribution in [3.8, 4) is 6.07 Å². The molecule has 4 nitrogen and oxygen atoms in total. The Morgan fingerprint density at radius 1 is 1.17 bits per heavy atom. The molecule has 18 heavy (non-hydrogen) atoms. The Labute approximate surface area is 109 Å². The van der Waals surface area contributed by atoms with Crippen molar-refractivity contribution in [2.24, 2.45) is 5.18 Å². The third kappa shape index (κ3) is 2.47. The molecule has 0 atom stereocenters. The first kappa shape index (κ1) is 12.1. The van der Waals surface area contributed by atoms with Crippen molar-refractivity contribution in [3.05, 3.63) is 58.0 Å². The van der Waals surface area contributed by atoms with Crippen LogP contribution in [0.2, 0.25) is 5.02 Å². The summed E-state index contributed by atoms with van der Waals surface area (Å²) in [4.78, 5) is 10.7. The maximum atomic E-state index is 10.7. The molecule has 0 aliphatic carbocycles. The van der Waals surface area contributed by atoms with E-state index in [9.17, 15) is 4.91 Å². The fourth-order valence-corrected chi connectivity index (χ4v) is 1.69. The van der Waals surface area contributed by atoms with Gasteiger partial charge in [-0.3, -0.25) is 0 Å². The molecule has 2 aromatic rings. The molecule has 0 saturated carbocycles. The predicted molar refractivity (Wildman–Crippen MR) is 71.3 cm³/mol. The Morgan fingerprint density at radius 3 is 2.67 bits per heavy atom. The number of anilines is 2. The minimum atomic E-state index is 0.243. The standard InChI is InChI=1S/C13H8ClN3O/c14-10-5-6-12(17-18)13(7-10)16-11-4-2-1-3-9(11)8-15/h1-7,16H. The van der Waals surface area contributed by atoms with Crippen molar-refractivity contribution in [3.63, 3.8) is 0 Å². The van der Waals surface area contributed by atoms with Gasteiger partial charge in [-0.15, -0.1) is 4.91 Å². The van der Waals surface area contributed by atoms with Crippen LogP contribution in [0.5, 0.6) is 0 Å². The van der Waals surface area contributed by atoms with E-state index in [2.05, 4.69) is 16.6 Å². The predicted octanol–water partition coefficient (Wildman–Crippen LogP) is 4.35. The summed E-state index contributed by atoms with van der Waals surface area (Å²) in [6, 6.07) is 13.7. The zero-order valence-electron chi connectivity index (χ0n) is 9.22. The molecule has 2 rings (SSSR count). The van der Waals surface area contributed by atoms with Gasteiger partial charge >= 0.3 is 0 Å². The molecule has 0 unspecified atom stereocenters. The summed E-state index contributed by atoms with van der Waals surface area (Å²) in [7, 11) is 0. The maximum absolute atomic E-state index is 10.7. The van der Waals surface area contributed by atoms with Crippen molar-refractivity contribution in [1.29, 1.82) is 5.26 Å². The summed E-state index contributed by atoms with van der Waals surface area (Å²) < 4.78 is 0. The van der Waals surface area contributed by atoms with Crippen LogP contribution in [0.1, 0.15) is 5.56 Å². The monoisotopic (exact) mass is 257 g/mol. The molecule has 1 N–H and O–H groups in total. The molecule has 0 radical (unpaired) electrons. The summed E-state index contributed by atoms with van der Waals surface area (Å²) in [5.74, 6) is 0. The second kappa shape index (κ2) is 5.30. The highest BCUT2D eigenvalue weighted by atomic mass is 35.5. The molecule has 5 heteroatoms. The number of halogens is 1. The van der Waals surface area contributed by atoms with Gasteiger partial charge in [-0.05, 0) is 35.5 Å². The van der Waals surface area contributed by atoms with Crippen molar-refractivity contribution in [2.45, 2.75) is 0 Å². The highest BCUT2D eigenvalue weighted by molar-refractivity contribution is 6.31. The second-order valence-electron chi connectivity index (χ2n) is 3.54. The Balaban J connectivity index is 2.43. The summed E-state index contributed by atoms with van der Waals surface area (Å²) in [6.45, 7) is 0. The molecule has 2 aromatic carbocycles. The molecule has 0 aliphatic heterocycles. The van der Waals surface area contributed by atoms with E-state index in [0.29, 0.717) is 22.0 Å². The number of rotatable bonds is 3. The number of benzene rings is 2. The van der Waals surface area contributed by atoms with E-state index in [1.165, 1.54) is 6.07 Å². The van der Waals surface area contributed by atoms with Crippen molar-refractivity contribution >= 4 is 28.7 Å². The number of nitriles is 1. The molecule has 0 spiro atoms. The number of nitrogens with zero attached hydrogens (tertiary/aromatic N) is 2. The number of nitroso groups, excluding NO2 is 1.